The Kier molecular flexibility index (Phi) is 5.74. The number of nitrogens with zero attached hydrogens (tertiary/aromatic N) is 2. The largest absolute Gasteiger partial charge is 0.495 e. The smallest absolute Gasteiger partial charge is 0.227 e. The normalized spacial score (nSPS) is 22.7. The average Bonchev–Trinajstić information content (AvgIpc) is 2.72. The first-order chi connectivity index (χ1) is 14.7. The van der Waals surface area contributed by atoms with E-state index in [1.54, 1.807) is 12.0 Å². The minimum atomic E-state index is -0.527. The molecule has 1 saturated heterocycles. The molecule has 2 aliphatic rings. The molecular weight excluding hydrogens is 376 g/mol. The predicted octanol–water partition coefficient (Wildman–Crippen LogP) is 3.07. The van der Waals surface area contributed by atoms with Crippen LogP contribution in [0.15, 0.2) is 48.5 Å². The van der Waals surface area contributed by atoms with E-state index in [0.29, 0.717) is 0 Å². The van der Waals surface area contributed by atoms with Gasteiger partial charge in [0.1, 0.15) is 11.8 Å². The predicted molar refractivity (Wildman–Crippen MR) is 113 cm³/mol. The molecule has 30 heavy (non-hydrogen) atoms. The minimum absolute atomic E-state index is 0.0161. The number of benzene rings is 2. The Morgan fingerprint density at radius 1 is 1.17 bits per heavy atom. The lowest BCUT2D eigenvalue weighted by molar-refractivity contribution is -0.154. The van der Waals surface area contributed by atoms with E-state index in [-0.39, 0.29) is 30.4 Å². The van der Waals surface area contributed by atoms with E-state index in [1.807, 2.05) is 48.5 Å². The molecule has 2 fully saturated rings. The lowest BCUT2D eigenvalue weighted by Gasteiger charge is -2.53. The van der Waals surface area contributed by atoms with Gasteiger partial charge in [0.25, 0.3) is 0 Å². The molecule has 1 heterocycles. The molecule has 1 N–H and O–H groups in total. The maximum Gasteiger partial charge on any atom is 0.227 e. The van der Waals surface area contributed by atoms with Crippen LogP contribution in [0.1, 0.15) is 41.9 Å². The SMILES string of the molecule is COc1ccccc1C#Cc1ccc([C@@H]2[C@@H](CO)N(C(=O)C3CCC3)[C@H]2C#N)cc1. The van der Waals surface area contributed by atoms with Gasteiger partial charge in [0.05, 0.1) is 31.4 Å². The van der Waals surface area contributed by atoms with E-state index >= 15 is 0 Å². The van der Waals surface area contributed by atoms with Crippen LogP contribution in [0.4, 0.5) is 0 Å². The van der Waals surface area contributed by atoms with E-state index in [0.717, 1.165) is 41.7 Å². The molecule has 3 atom stereocenters. The zero-order valence-electron chi connectivity index (χ0n) is 16.9. The molecule has 0 unspecified atom stereocenters. The number of methoxy groups -OCH3 is 1. The van der Waals surface area contributed by atoms with Crippen LogP contribution in [0.3, 0.4) is 0 Å². The number of ether oxygens (including phenoxy) is 1. The summed E-state index contributed by atoms with van der Waals surface area (Å²) in [5.74, 6) is 6.84. The van der Waals surface area contributed by atoms with Crippen molar-refractivity contribution in [3.05, 3.63) is 65.2 Å². The minimum Gasteiger partial charge on any atom is -0.495 e. The third kappa shape index (κ3) is 3.54. The summed E-state index contributed by atoms with van der Waals surface area (Å²) in [5.41, 5.74) is 2.61. The molecule has 2 aromatic carbocycles. The molecule has 0 bridgehead atoms. The summed E-state index contributed by atoms with van der Waals surface area (Å²) in [6, 6.07) is 16.7. The molecule has 5 heteroatoms. The molecule has 1 aliphatic heterocycles. The van der Waals surface area contributed by atoms with Gasteiger partial charge in [0, 0.05) is 17.4 Å². The van der Waals surface area contributed by atoms with Crippen molar-refractivity contribution >= 4 is 5.91 Å². The van der Waals surface area contributed by atoms with Crippen molar-refractivity contribution in [2.75, 3.05) is 13.7 Å². The van der Waals surface area contributed by atoms with Crippen LogP contribution in [0.25, 0.3) is 0 Å². The van der Waals surface area contributed by atoms with Crippen LogP contribution >= 0.6 is 0 Å². The maximum absolute atomic E-state index is 12.7. The first kappa shape index (κ1) is 20.0. The van der Waals surface area contributed by atoms with Crippen LogP contribution in [-0.4, -0.2) is 41.7 Å². The van der Waals surface area contributed by atoms with Crippen molar-refractivity contribution in [2.45, 2.75) is 37.3 Å². The van der Waals surface area contributed by atoms with Crippen molar-refractivity contribution < 1.29 is 14.6 Å². The summed E-state index contributed by atoms with van der Waals surface area (Å²) >= 11 is 0. The summed E-state index contributed by atoms with van der Waals surface area (Å²) < 4.78 is 5.32. The second-order valence-electron chi connectivity index (χ2n) is 7.80. The molecule has 1 aliphatic carbocycles. The van der Waals surface area contributed by atoms with E-state index in [2.05, 4.69) is 17.9 Å². The number of hydrogen-bond donors (Lipinski definition) is 1. The summed E-state index contributed by atoms with van der Waals surface area (Å²) in [7, 11) is 1.62. The van der Waals surface area contributed by atoms with Gasteiger partial charge in [0.15, 0.2) is 0 Å². The zero-order chi connectivity index (χ0) is 21.1. The third-order valence-electron chi connectivity index (χ3n) is 6.18. The second-order valence-corrected chi connectivity index (χ2v) is 7.80. The number of hydrogen-bond acceptors (Lipinski definition) is 4. The first-order valence-corrected chi connectivity index (χ1v) is 10.3. The average molecular weight is 400 g/mol. The molecule has 0 aromatic heterocycles. The first-order valence-electron chi connectivity index (χ1n) is 10.3. The molecular formula is C25H24N2O3. The Morgan fingerprint density at radius 3 is 2.50 bits per heavy atom. The Hall–Kier alpha value is -3.28. The van der Waals surface area contributed by atoms with Crippen LogP contribution in [0.2, 0.25) is 0 Å². The van der Waals surface area contributed by atoms with Gasteiger partial charge in [-0.05, 0) is 42.7 Å². The maximum atomic E-state index is 12.7. The molecule has 1 amide bonds. The van der Waals surface area contributed by atoms with Gasteiger partial charge in [-0.3, -0.25) is 4.79 Å². The molecule has 0 radical (unpaired) electrons. The van der Waals surface area contributed by atoms with Gasteiger partial charge in [-0.25, -0.2) is 0 Å². The Morgan fingerprint density at radius 2 is 1.90 bits per heavy atom. The highest BCUT2D eigenvalue weighted by molar-refractivity contribution is 5.82. The highest BCUT2D eigenvalue weighted by Gasteiger charge is 2.53. The number of likely N-dealkylation sites (tertiary alicyclic amines) is 1. The van der Waals surface area contributed by atoms with E-state index in [1.165, 1.54) is 0 Å². The van der Waals surface area contributed by atoms with E-state index < -0.39 is 6.04 Å². The summed E-state index contributed by atoms with van der Waals surface area (Å²) in [6.07, 6.45) is 2.83. The van der Waals surface area contributed by atoms with Crippen LogP contribution in [0, 0.1) is 29.1 Å². The number of para-hydroxylation sites is 1. The van der Waals surface area contributed by atoms with Gasteiger partial charge in [0.2, 0.25) is 5.91 Å². The standard InChI is InChI=1S/C25H24N2O3/c1-30-23-8-3-2-5-18(23)12-9-17-10-13-19(14-11-17)24-21(15-26)27(22(24)16-28)25(29)20-6-4-7-20/h2-3,5,8,10-11,13-14,20-22,24,28H,4,6-7,16H2,1H3/t21-,22+,24-/m0/s1. The quantitative estimate of drug-likeness (QED) is 0.801. The van der Waals surface area contributed by atoms with Crippen molar-refractivity contribution in [3.63, 3.8) is 0 Å². The molecule has 0 spiro atoms. The Balaban J connectivity index is 1.52. The van der Waals surface area contributed by atoms with Crippen molar-refractivity contribution in [2.24, 2.45) is 5.92 Å². The number of aliphatic hydroxyl groups is 1. The molecule has 2 aromatic rings. The number of carbonyl (C=O) groups is 1. The van der Waals surface area contributed by atoms with Crippen LogP contribution in [0.5, 0.6) is 5.75 Å². The highest BCUT2D eigenvalue weighted by atomic mass is 16.5. The fourth-order valence-electron chi connectivity index (χ4n) is 4.25. The molecule has 4 rings (SSSR count). The van der Waals surface area contributed by atoms with Gasteiger partial charge < -0.3 is 14.7 Å². The topological polar surface area (TPSA) is 73.6 Å². The number of nitriles is 1. The van der Waals surface area contributed by atoms with Gasteiger partial charge in [-0.15, -0.1) is 0 Å². The lowest BCUT2D eigenvalue weighted by Crippen LogP contribution is -2.66. The third-order valence-corrected chi connectivity index (χ3v) is 6.18. The van der Waals surface area contributed by atoms with E-state index in [4.69, 9.17) is 4.74 Å². The fraction of sp³-hybridized carbons (Fsp3) is 0.360. The van der Waals surface area contributed by atoms with Crippen LogP contribution < -0.4 is 4.74 Å². The summed E-state index contributed by atoms with van der Waals surface area (Å²) in [4.78, 5) is 14.3. The van der Waals surface area contributed by atoms with Crippen molar-refractivity contribution in [1.82, 2.24) is 4.90 Å². The summed E-state index contributed by atoms with van der Waals surface area (Å²) in [5, 5.41) is 19.6. The van der Waals surface area contributed by atoms with Crippen LogP contribution in [-0.2, 0) is 4.79 Å². The molecule has 5 nitrogen and oxygen atoms in total. The number of aliphatic hydroxyl groups excluding tert-OH is 1. The fourth-order valence-corrected chi connectivity index (χ4v) is 4.25. The Bertz CT molecular complexity index is 1020. The highest BCUT2D eigenvalue weighted by Crippen LogP contribution is 2.43. The number of rotatable bonds is 4. The van der Waals surface area contributed by atoms with E-state index in [9.17, 15) is 15.2 Å². The molecule has 152 valence electrons. The lowest BCUT2D eigenvalue weighted by atomic mass is 9.73. The molecule has 1 saturated carbocycles. The number of carbonyl (C=O) groups excluding carboxylic acids is 1. The second kappa shape index (κ2) is 8.61. The van der Waals surface area contributed by atoms with Crippen molar-refractivity contribution in [3.8, 4) is 23.7 Å². The summed E-state index contributed by atoms with van der Waals surface area (Å²) in [6.45, 7) is -0.142. The number of amides is 1. The van der Waals surface area contributed by atoms with Crippen molar-refractivity contribution in [1.29, 1.82) is 5.26 Å². The monoisotopic (exact) mass is 400 g/mol. The van der Waals surface area contributed by atoms with Gasteiger partial charge in [-0.1, -0.05) is 42.5 Å². The van der Waals surface area contributed by atoms with Gasteiger partial charge >= 0.3 is 0 Å². The zero-order valence-corrected chi connectivity index (χ0v) is 16.9. The Labute approximate surface area is 176 Å². The van der Waals surface area contributed by atoms with Gasteiger partial charge in [-0.2, -0.15) is 5.26 Å².